The lowest BCUT2D eigenvalue weighted by atomic mass is 10.4. The van der Waals surface area contributed by atoms with Crippen molar-refractivity contribution in [3.63, 3.8) is 0 Å². The predicted molar refractivity (Wildman–Crippen MR) is 46.4 cm³/mol. The quantitative estimate of drug-likeness (QED) is 0.657. The van der Waals surface area contributed by atoms with Crippen molar-refractivity contribution in [2.45, 2.75) is 13.1 Å². The van der Waals surface area contributed by atoms with Gasteiger partial charge in [-0.05, 0) is 28.9 Å². The zero-order chi connectivity index (χ0) is 9.78. The molecule has 0 heterocycles. The van der Waals surface area contributed by atoms with Crippen LogP contribution in [-0.2, 0) is 0 Å². The molecule has 0 aromatic rings. The fraction of sp³-hybridized carbons (Fsp3) is 0.286. The minimum atomic E-state index is -4.41. The van der Waals surface area contributed by atoms with Gasteiger partial charge in [-0.15, -0.1) is 0 Å². The summed E-state index contributed by atoms with van der Waals surface area (Å²) in [5.41, 5.74) is -0.936. The molecule has 0 bridgehead atoms. The number of halogens is 4. The highest BCUT2D eigenvalue weighted by Crippen LogP contribution is 2.26. The second-order valence-electron chi connectivity index (χ2n) is 1.81. The second kappa shape index (κ2) is 4.45. The van der Waals surface area contributed by atoms with Crippen LogP contribution in [0.2, 0.25) is 0 Å². The highest BCUT2D eigenvalue weighted by atomic mass is 79.9. The average molecular weight is 242 g/mol. The Morgan fingerprint density at radius 1 is 1.50 bits per heavy atom. The summed E-state index contributed by atoms with van der Waals surface area (Å²) in [4.78, 5) is 3.24. The lowest BCUT2D eigenvalue weighted by Gasteiger charge is -2.05. The van der Waals surface area contributed by atoms with Crippen molar-refractivity contribution >= 4 is 20.6 Å². The maximum Gasteiger partial charge on any atom is 0.433 e. The van der Waals surface area contributed by atoms with Gasteiger partial charge < -0.3 is 0 Å². The number of rotatable bonds is 2. The van der Waals surface area contributed by atoms with Gasteiger partial charge in [0.25, 0.3) is 0 Å². The Labute approximate surface area is 76.8 Å². The Bertz CT molecular complexity index is 227. The zero-order valence-electron chi connectivity index (χ0n) is 6.32. The summed E-state index contributed by atoms with van der Waals surface area (Å²) in [6.45, 7) is 4.53. The number of aliphatic imine (C=N–C) groups is 1. The molecule has 0 rings (SSSR count). The molecule has 0 radical (unpaired) electrons. The van der Waals surface area contributed by atoms with Crippen molar-refractivity contribution in [2.75, 3.05) is 0 Å². The summed E-state index contributed by atoms with van der Waals surface area (Å²) in [5, 5.41) is 0. The molecule has 1 nitrogen and oxygen atoms in total. The fourth-order valence-corrected chi connectivity index (χ4v) is 0.643. The summed E-state index contributed by atoms with van der Waals surface area (Å²) in [5.74, 6) is 0. The van der Waals surface area contributed by atoms with Crippen molar-refractivity contribution in [1.29, 1.82) is 0 Å². The number of hydrogen-bond donors (Lipinski definition) is 0. The minimum Gasteiger partial charge on any atom is -0.237 e. The van der Waals surface area contributed by atoms with Crippen molar-refractivity contribution < 1.29 is 13.2 Å². The van der Waals surface area contributed by atoms with Gasteiger partial charge in [-0.1, -0.05) is 12.7 Å². The van der Waals surface area contributed by atoms with E-state index in [9.17, 15) is 13.2 Å². The number of nitrogens with zero attached hydrogens (tertiary/aromatic N) is 1. The molecule has 0 amide bonds. The van der Waals surface area contributed by atoms with Gasteiger partial charge in [0.05, 0.1) is 0 Å². The first-order valence-corrected chi connectivity index (χ1v) is 3.81. The number of alkyl halides is 3. The molecule has 0 aromatic heterocycles. The van der Waals surface area contributed by atoms with Gasteiger partial charge in [0.2, 0.25) is 0 Å². The molecular weight excluding hydrogens is 235 g/mol. The second-order valence-corrected chi connectivity index (χ2v) is 2.62. The molecule has 0 saturated heterocycles. The lowest BCUT2D eigenvalue weighted by Crippen LogP contribution is -2.10. The Morgan fingerprint density at radius 2 is 2.00 bits per heavy atom. The lowest BCUT2D eigenvalue weighted by molar-refractivity contribution is -0.0923. The van der Waals surface area contributed by atoms with E-state index in [0.717, 1.165) is 6.08 Å². The largest absolute Gasteiger partial charge is 0.433 e. The van der Waals surface area contributed by atoms with Crippen LogP contribution in [0.25, 0.3) is 0 Å². The Balaban J connectivity index is 4.74. The molecule has 0 aliphatic carbocycles. The molecule has 0 atom stereocenters. The zero-order valence-corrected chi connectivity index (χ0v) is 7.91. The van der Waals surface area contributed by atoms with E-state index < -0.39 is 11.9 Å². The summed E-state index contributed by atoms with van der Waals surface area (Å²) in [6, 6.07) is 0. The van der Waals surface area contributed by atoms with Gasteiger partial charge >= 0.3 is 6.18 Å². The van der Waals surface area contributed by atoms with Crippen molar-refractivity contribution in [1.82, 2.24) is 0 Å². The summed E-state index contributed by atoms with van der Waals surface area (Å²) >= 11 is 2.80. The molecule has 68 valence electrons. The molecule has 0 aliphatic heterocycles. The summed E-state index contributed by atoms with van der Waals surface area (Å²) < 4.78 is 36.0. The van der Waals surface area contributed by atoms with Crippen LogP contribution < -0.4 is 0 Å². The molecule has 0 aliphatic rings. The molecule has 12 heavy (non-hydrogen) atoms. The van der Waals surface area contributed by atoms with Gasteiger partial charge in [-0.2, -0.15) is 13.2 Å². The van der Waals surface area contributed by atoms with Crippen molar-refractivity contribution in [3.8, 4) is 0 Å². The van der Waals surface area contributed by atoms with Crippen LogP contribution >= 0.6 is 15.9 Å². The molecule has 0 unspecified atom stereocenters. The minimum absolute atomic E-state index is 0.0629. The predicted octanol–water partition coefficient (Wildman–Crippen LogP) is 3.43. The van der Waals surface area contributed by atoms with E-state index in [4.69, 9.17) is 0 Å². The molecule has 0 N–H and O–H groups in total. The molecular formula is C7H7BrF3N. The van der Waals surface area contributed by atoms with Crippen LogP contribution in [-0.4, -0.2) is 10.8 Å². The number of hydrogen-bond acceptors (Lipinski definition) is 1. The van der Waals surface area contributed by atoms with Crippen molar-refractivity contribution in [2.24, 2.45) is 4.99 Å². The van der Waals surface area contributed by atoms with Gasteiger partial charge in [0.15, 0.2) is 0 Å². The first-order valence-electron chi connectivity index (χ1n) is 3.02. The van der Waals surface area contributed by atoms with Gasteiger partial charge in [0.1, 0.15) is 10.3 Å². The normalized spacial score (nSPS) is 14.8. The highest BCUT2D eigenvalue weighted by Gasteiger charge is 2.33. The van der Waals surface area contributed by atoms with E-state index in [1.54, 1.807) is 0 Å². The average Bonchev–Trinajstić information content (AvgIpc) is 1.97. The van der Waals surface area contributed by atoms with E-state index in [2.05, 4.69) is 27.5 Å². The summed E-state index contributed by atoms with van der Waals surface area (Å²) in [6.07, 6.45) is -2.32. The van der Waals surface area contributed by atoms with Gasteiger partial charge in [0, 0.05) is 0 Å². The highest BCUT2D eigenvalue weighted by molar-refractivity contribution is 9.18. The monoisotopic (exact) mass is 241 g/mol. The third-order valence-electron chi connectivity index (χ3n) is 0.960. The fourth-order valence-electron chi connectivity index (χ4n) is 0.452. The van der Waals surface area contributed by atoms with E-state index >= 15 is 0 Å². The first kappa shape index (κ1) is 11.4. The Kier molecular flexibility index (Phi) is 4.23. The van der Waals surface area contributed by atoms with Gasteiger partial charge in [-0.25, -0.2) is 4.99 Å². The van der Waals surface area contributed by atoms with Gasteiger partial charge in [-0.3, -0.25) is 0 Å². The third-order valence-corrected chi connectivity index (χ3v) is 1.46. The maximum atomic E-state index is 12.0. The van der Waals surface area contributed by atoms with E-state index in [1.807, 2.05) is 0 Å². The standard InChI is InChI=1S/C7H7BrF3N/c1-3-5(7(9,10)11)12-6(8)4-2/h3-4H,2H2,1H3/b5-3-,12-6?. The Hall–Kier alpha value is -0.580. The molecule has 0 saturated carbocycles. The van der Waals surface area contributed by atoms with Crippen molar-refractivity contribution in [3.05, 3.63) is 24.4 Å². The van der Waals surface area contributed by atoms with Crippen LogP contribution in [0.4, 0.5) is 13.2 Å². The SMILES string of the molecule is C=CC(Br)=N/C(=C\C)C(F)(F)F. The summed E-state index contributed by atoms with van der Waals surface area (Å²) in [7, 11) is 0. The van der Waals surface area contributed by atoms with Crippen LogP contribution in [0, 0.1) is 0 Å². The van der Waals surface area contributed by atoms with Crippen LogP contribution in [0.5, 0.6) is 0 Å². The molecule has 0 aromatic carbocycles. The topological polar surface area (TPSA) is 12.4 Å². The van der Waals surface area contributed by atoms with E-state index in [-0.39, 0.29) is 4.62 Å². The van der Waals surface area contributed by atoms with E-state index in [0.29, 0.717) is 0 Å². The van der Waals surface area contributed by atoms with Crippen LogP contribution in [0.1, 0.15) is 6.92 Å². The Morgan fingerprint density at radius 3 is 2.25 bits per heavy atom. The smallest absolute Gasteiger partial charge is 0.237 e. The number of allylic oxidation sites excluding steroid dienone is 3. The first-order chi connectivity index (χ1) is 5.41. The van der Waals surface area contributed by atoms with Crippen LogP contribution in [0.3, 0.4) is 0 Å². The molecule has 0 spiro atoms. The molecule has 5 heteroatoms. The van der Waals surface area contributed by atoms with Crippen LogP contribution in [0.15, 0.2) is 29.4 Å². The maximum absolute atomic E-state index is 12.0. The van der Waals surface area contributed by atoms with E-state index in [1.165, 1.54) is 13.0 Å². The third kappa shape index (κ3) is 3.71. The molecule has 0 fully saturated rings.